The van der Waals surface area contributed by atoms with Crippen LogP contribution in [0.4, 0.5) is 5.69 Å². The molecule has 0 heterocycles. The quantitative estimate of drug-likeness (QED) is 0.592. The largest absolute Gasteiger partial charge is 0.284 e. The van der Waals surface area contributed by atoms with Crippen molar-refractivity contribution < 1.29 is 4.92 Å². The fourth-order valence-electron chi connectivity index (χ4n) is 2.11. The number of thioether (sulfide) groups is 1. The molecular formula is C12H14ClNO2S. The summed E-state index contributed by atoms with van der Waals surface area (Å²) in [6.07, 6.45) is 5.98. The number of benzene rings is 1. The summed E-state index contributed by atoms with van der Waals surface area (Å²) in [6.45, 7) is 0. The molecule has 1 aliphatic rings. The van der Waals surface area contributed by atoms with E-state index in [9.17, 15) is 10.1 Å². The second-order valence-electron chi connectivity index (χ2n) is 4.22. The van der Waals surface area contributed by atoms with E-state index in [1.54, 1.807) is 23.9 Å². The third kappa shape index (κ3) is 3.13. The molecule has 1 fully saturated rings. The molecule has 92 valence electrons. The third-order valence-corrected chi connectivity index (χ3v) is 4.88. The molecule has 0 radical (unpaired) electrons. The molecule has 0 saturated heterocycles. The van der Waals surface area contributed by atoms with E-state index >= 15 is 0 Å². The first kappa shape index (κ1) is 12.7. The summed E-state index contributed by atoms with van der Waals surface area (Å²) in [7, 11) is 0. The van der Waals surface area contributed by atoms with Crippen molar-refractivity contribution in [2.45, 2.75) is 42.2 Å². The van der Waals surface area contributed by atoms with Crippen LogP contribution >= 0.6 is 23.4 Å². The van der Waals surface area contributed by atoms with E-state index < -0.39 is 0 Å². The maximum absolute atomic E-state index is 10.9. The molecule has 0 unspecified atom stereocenters. The number of nitro groups is 1. The van der Waals surface area contributed by atoms with Crippen LogP contribution in [0.25, 0.3) is 0 Å². The lowest BCUT2D eigenvalue weighted by Gasteiger charge is -2.21. The topological polar surface area (TPSA) is 43.1 Å². The number of nitro benzene ring substituents is 1. The van der Waals surface area contributed by atoms with Crippen molar-refractivity contribution in [1.82, 2.24) is 0 Å². The Morgan fingerprint density at radius 3 is 2.65 bits per heavy atom. The lowest BCUT2D eigenvalue weighted by molar-refractivity contribution is -0.387. The summed E-state index contributed by atoms with van der Waals surface area (Å²) in [6, 6.07) is 4.88. The lowest BCUT2D eigenvalue weighted by Crippen LogP contribution is -2.08. The van der Waals surface area contributed by atoms with Crippen LogP contribution in [0.1, 0.15) is 32.1 Å². The van der Waals surface area contributed by atoms with Gasteiger partial charge in [0, 0.05) is 11.3 Å². The summed E-state index contributed by atoms with van der Waals surface area (Å²) in [4.78, 5) is 11.2. The van der Waals surface area contributed by atoms with E-state index in [0.29, 0.717) is 15.2 Å². The summed E-state index contributed by atoms with van der Waals surface area (Å²) >= 11 is 7.64. The van der Waals surface area contributed by atoms with Gasteiger partial charge < -0.3 is 0 Å². The van der Waals surface area contributed by atoms with E-state index in [-0.39, 0.29) is 10.6 Å². The van der Waals surface area contributed by atoms with Crippen LogP contribution in [-0.4, -0.2) is 10.2 Å². The van der Waals surface area contributed by atoms with Gasteiger partial charge in [0.2, 0.25) is 0 Å². The molecule has 17 heavy (non-hydrogen) atoms. The number of rotatable bonds is 3. The minimum Gasteiger partial charge on any atom is -0.258 e. The molecule has 0 spiro atoms. The highest BCUT2D eigenvalue weighted by Crippen LogP contribution is 2.41. The Morgan fingerprint density at radius 1 is 1.29 bits per heavy atom. The normalized spacial score (nSPS) is 17.0. The lowest BCUT2D eigenvalue weighted by atomic mass is 10.0. The van der Waals surface area contributed by atoms with Crippen LogP contribution in [0.15, 0.2) is 23.1 Å². The molecule has 3 nitrogen and oxygen atoms in total. The van der Waals surface area contributed by atoms with E-state index in [0.717, 1.165) is 12.8 Å². The van der Waals surface area contributed by atoms with E-state index in [2.05, 4.69) is 0 Å². The van der Waals surface area contributed by atoms with Gasteiger partial charge in [-0.25, -0.2) is 0 Å². The maximum atomic E-state index is 10.9. The molecule has 0 N–H and O–H groups in total. The highest BCUT2D eigenvalue weighted by molar-refractivity contribution is 8.00. The van der Waals surface area contributed by atoms with Gasteiger partial charge in [-0.2, -0.15) is 0 Å². The van der Waals surface area contributed by atoms with Gasteiger partial charge in [-0.05, 0) is 18.9 Å². The molecule has 1 saturated carbocycles. The first-order chi connectivity index (χ1) is 8.18. The number of nitrogens with zero attached hydrogens (tertiary/aromatic N) is 1. The van der Waals surface area contributed by atoms with Crippen LogP contribution < -0.4 is 0 Å². The number of hydrogen-bond acceptors (Lipinski definition) is 3. The molecule has 1 aromatic carbocycles. The minimum atomic E-state index is -0.350. The smallest absolute Gasteiger partial charge is 0.258 e. The molecule has 2 rings (SSSR count). The van der Waals surface area contributed by atoms with Gasteiger partial charge in [0.05, 0.1) is 9.95 Å². The highest BCUT2D eigenvalue weighted by Gasteiger charge is 2.22. The van der Waals surface area contributed by atoms with Crippen molar-refractivity contribution in [3.8, 4) is 0 Å². The monoisotopic (exact) mass is 271 g/mol. The minimum absolute atomic E-state index is 0.132. The van der Waals surface area contributed by atoms with E-state index in [1.165, 1.54) is 25.3 Å². The van der Waals surface area contributed by atoms with Crippen LogP contribution in [-0.2, 0) is 0 Å². The molecule has 0 aliphatic heterocycles. The summed E-state index contributed by atoms with van der Waals surface area (Å²) in [5.74, 6) is 0. The zero-order valence-electron chi connectivity index (χ0n) is 9.39. The van der Waals surface area contributed by atoms with Crippen molar-refractivity contribution in [1.29, 1.82) is 0 Å². The molecule has 1 aliphatic carbocycles. The Balaban J connectivity index is 2.21. The Morgan fingerprint density at radius 2 is 2.00 bits per heavy atom. The Labute approximate surface area is 110 Å². The first-order valence-corrected chi connectivity index (χ1v) is 7.04. The van der Waals surface area contributed by atoms with E-state index in [1.807, 2.05) is 0 Å². The van der Waals surface area contributed by atoms with E-state index in [4.69, 9.17) is 11.6 Å². The maximum Gasteiger partial charge on any atom is 0.284 e. The van der Waals surface area contributed by atoms with Crippen molar-refractivity contribution in [3.05, 3.63) is 33.3 Å². The van der Waals surface area contributed by atoms with Gasteiger partial charge in [-0.15, -0.1) is 11.8 Å². The standard InChI is InChI=1S/C12H14ClNO2S/c13-10-7-4-8-11(14(15)16)12(10)17-9-5-2-1-3-6-9/h4,7-9H,1-3,5-6H2. The molecule has 5 heteroatoms. The first-order valence-electron chi connectivity index (χ1n) is 5.78. The van der Waals surface area contributed by atoms with Gasteiger partial charge in [0.1, 0.15) is 4.90 Å². The Kier molecular flexibility index (Phi) is 4.29. The zero-order valence-corrected chi connectivity index (χ0v) is 11.0. The van der Waals surface area contributed by atoms with Crippen LogP contribution in [0, 0.1) is 10.1 Å². The second-order valence-corrected chi connectivity index (χ2v) is 5.94. The van der Waals surface area contributed by atoms with Crippen molar-refractivity contribution >= 4 is 29.1 Å². The van der Waals surface area contributed by atoms with Crippen molar-refractivity contribution in [2.24, 2.45) is 0 Å². The number of halogens is 1. The molecule has 0 aromatic heterocycles. The van der Waals surface area contributed by atoms with Gasteiger partial charge in [-0.1, -0.05) is 36.9 Å². The molecule has 0 bridgehead atoms. The van der Waals surface area contributed by atoms with Gasteiger partial charge >= 0.3 is 0 Å². The fraction of sp³-hybridized carbons (Fsp3) is 0.500. The SMILES string of the molecule is O=[N+]([O-])c1cccc(Cl)c1SC1CCCCC1. The van der Waals surface area contributed by atoms with Gasteiger partial charge in [0.25, 0.3) is 5.69 Å². The van der Waals surface area contributed by atoms with Crippen molar-refractivity contribution in [2.75, 3.05) is 0 Å². The molecule has 0 atom stereocenters. The summed E-state index contributed by atoms with van der Waals surface area (Å²) in [5.41, 5.74) is 0.132. The average molecular weight is 272 g/mol. The Hall–Kier alpha value is -0.740. The summed E-state index contributed by atoms with van der Waals surface area (Å²) < 4.78 is 0. The summed E-state index contributed by atoms with van der Waals surface area (Å²) in [5, 5.41) is 11.9. The predicted octanol–water partition coefficient (Wildman–Crippen LogP) is 4.67. The number of hydrogen-bond donors (Lipinski definition) is 0. The molecule has 0 amide bonds. The highest BCUT2D eigenvalue weighted by atomic mass is 35.5. The van der Waals surface area contributed by atoms with Crippen LogP contribution in [0.2, 0.25) is 5.02 Å². The fourth-order valence-corrected chi connectivity index (χ4v) is 3.76. The Bertz CT molecular complexity index is 419. The third-order valence-electron chi connectivity index (χ3n) is 2.98. The average Bonchev–Trinajstić information content (AvgIpc) is 2.33. The van der Waals surface area contributed by atoms with Crippen molar-refractivity contribution in [3.63, 3.8) is 0 Å². The van der Waals surface area contributed by atoms with Gasteiger partial charge in [0.15, 0.2) is 0 Å². The predicted molar refractivity (Wildman–Crippen MR) is 70.8 cm³/mol. The second kappa shape index (κ2) is 5.74. The van der Waals surface area contributed by atoms with Crippen LogP contribution in [0.3, 0.4) is 0 Å². The van der Waals surface area contributed by atoms with Gasteiger partial charge in [-0.3, -0.25) is 10.1 Å². The molecule has 1 aromatic rings. The molecular weight excluding hydrogens is 258 g/mol. The zero-order chi connectivity index (χ0) is 12.3. The van der Waals surface area contributed by atoms with Crippen LogP contribution in [0.5, 0.6) is 0 Å².